The van der Waals surface area contributed by atoms with Crippen LogP contribution in [0, 0.1) is 10.5 Å². The number of benzene rings is 2. The van der Waals surface area contributed by atoms with Crippen LogP contribution >= 0.6 is 22.6 Å². The number of aliphatic imine (C=N–C) groups is 1. The summed E-state index contributed by atoms with van der Waals surface area (Å²) in [6.45, 7) is 1.98. The van der Waals surface area contributed by atoms with Crippen molar-refractivity contribution in [2.75, 3.05) is 7.11 Å². The van der Waals surface area contributed by atoms with Gasteiger partial charge in [0.2, 0.25) is 5.89 Å². The molecule has 7 heteroatoms. The van der Waals surface area contributed by atoms with Gasteiger partial charge in [-0.3, -0.25) is 4.99 Å². The van der Waals surface area contributed by atoms with Gasteiger partial charge in [-0.05, 0) is 59.8 Å². The summed E-state index contributed by atoms with van der Waals surface area (Å²) < 4.78 is 11.0. The number of methoxy groups -OCH3 is 1. The third kappa shape index (κ3) is 3.93. The van der Waals surface area contributed by atoms with E-state index in [4.69, 9.17) is 9.15 Å². The number of esters is 1. The maximum atomic E-state index is 11.9. The summed E-state index contributed by atoms with van der Waals surface area (Å²) in [6, 6.07) is 12.8. The molecular weight excluding hydrogens is 447 g/mol. The smallest absolute Gasteiger partial charge is 0.340 e. The van der Waals surface area contributed by atoms with Crippen molar-refractivity contribution in [2.45, 2.75) is 6.92 Å². The normalized spacial score (nSPS) is 11.0. The Morgan fingerprint density at radius 2 is 2.00 bits per heavy atom. The molecule has 3 aromatic rings. The Labute approximate surface area is 163 Å². The van der Waals surface area contributed by atoms with Crippen molar-refractivity contribution >= 4 is 40.5 Å². The topological polar surface area (TPSA) is 84.9 Å². The summed E-state index contributed by atoms with van der Waals surface area (Å²) in [5.74, 6) is -0.533. The number of nitrogens with zero attached hydrogens (tertiary/aromatic N) is 2. The summed E-state index contributed by atoms with van der Waals surface area (Å²) >= 11 is 2.10. The van der Waals surface area contributed by atoms with Crippen LogP contribution in [0.3, 0.4) is 0 Å². The molecule has 26 heavy (non-hydrogen) atoms. The van der Waals surface area contributed by atoms with E-state index >= 15 is 0 Å². The van der Waals surface area contributed by atoms with Gasteiger partial charge in [0, 0.05) is 9.13 Å². The van der Waals surface area contributed by atoms with Crippen LogP contribution in [0.1, 0.15) is 21.6 Å². The number of aromatic hydroxyl groups is 1. The van der Waals surface area contributed by atoms with Crippen molar-refractivity contribution in [3.05, 3.63) is 62.9 Å². The monoisotopic (exact) mass is 462 g/mol. The third-order valence-corrected chi connectivity index (χ3v) is 4.29. The van der Waals surface area contributed by atoms with Gasteiger partial charge in [-0.15, -0.1) is 0 Å². The summed E-state index contributed by atoms with van der Waals surface area (Å²) in [7, 11) is 1.31. The highest BCUT2D eigenvalue weighted by atomic mass is 127. The standard InChI is InChI=1S/C19H15IN2O4/c1-11-3-5-12(6-4-11)17-22-16(19(24)26-17)10-21-15-8-7-13(20)9-14(15)18(23)25-2/h3-10,24H,1-2H3. The highest BCUT2D eigenvalue weighted by Crippen LogP contribution is 2.27. The van der Waals surface area contributed by atoms with Crippen molar-refractivity contribution in [1.29, 1.82) is 0 Å². The van der Waals surface area contributed by atoms with Crippen molar-refractivity contribution < 1.29 is 19.1 Å². The van der Waals surface area contributed by atoms with E-state index < -0.39 is 5.97 Å². The Kier molecular flexibility index (Phi) is 5.36. The van der Waals surface area contributed by atoms with E-state index in [9.17, 15) is 9.90 Å². The number of aryl methyl sites for hydroxylation is 1. The quantitative estimate of drug-likeness (QED) is 0.351. The lowest BCUT2D eigenvalue weighted by atomic mass is 10.1. The van der Waals surface area contributed by atoms with Gasteiger partial charge >= 0.3 is 11.9 Å². The fourth-order valence-electron chi connectivity index (χ4n) is 2.25. The van der Waals surface area contributed by atoms with Gasteiger partial charge in [0.15, 0.2) is 5.69 Å². The second-order valence-electron chi connectivity index (χ2n) is 5.49. The maximum Gasteiger partial charge on any atom is 0.340 e. The lowest BCUT2D eigenvalue weighted by molar-refractivity contribution is 0.0601. The first-order valence-electron chi connectivity index (χ1n) is 7.66. The first-order valence-corrected chi connectivity index (χ1v) is 8.74. The average molecular weight is 462 g/mol. The molecule has 1 N–H and O–H groups in total. The number of oxazole rings is 1. The Morgan fingerprint density at radius 3 is 2.69 bits per heavy atom. The third-order valence-electron chi connectivity index (χ3n) is 3.62. The second kappa shape index (κ2) is 7.69. The minimum absolute atomic E-state index is 0.176. The van der Waals surface area contributed by atoms with Crippen LogP contribution in [0.2, 0.25) is 0 Å². The molecule has 0 fully saturated rings. The predicted octanol–water partition coefficient (Wildman–Crippen LogP) is 4.50. The number of ether oxygens (including phenoxy) is 1. The Balaban J connectivity index is 1.92. The highest BCUT2D eigenvalue weighted by molar-refractivity contribution is 14.1. The number of carbonyl (C=O) groups excluding carboxylic acids is 1. The minimum atomic E-state index is -0.486. The molecule has 0 atom stereocenters. The summed E-state index contributed by atoms with van der Waals surface area (Å²) in [5, 5.41) is 9.98. The lowest BCUT2D eigenvalue weighted by Gasteiger charge is -2.03. The van der Waals surface area contributed by atoms with Gasteiger partial charge in [-0.25, -0.2) is 9.78 Å². The molecule has 0 spiro atoms. The van der Waals surface area contributed by atoms with Crippen molar-refractivity contribution in [3.63, 3.8) is 0 Å². The lowest BCUT2D eigenvalue weighted by Crippen LogP contribution is -2.02. The zero-order valence-electron chi connectivity index (χ0n) is 14.1. The van der Waals surface area contributed by atoms with E-state index in [2.05, 4.69) is 32.6 Å². The largest absolute Gasteiger partial charge is 0.479 e. The summed E-state index contributed by atoms with van der Waals surface area (Å²) in [4.78, 5) is 20.4. The molecule has 0 amide bonds. The molecule has 0 saturated heterocycles. The number of halogens is 1. The van der Waals surface area contributed by atoms with Crippen LogP contribution < -0.4 is 0 Å². The second-order valence-corrected chi connectivity index (χ2v) is 6.73. The maximum absolute atomic E-state index is 11.9. The molecule has 0 bridgehead atoms. The van der Waals surface area contributed by atoms with Crippen molar-refractivity contribution in [3.8, 4) is 17.4 Å². The molecule has 2 aromatic carbocycles. The molecule has 0 radical (unpaired) electrons. The number of carbonyl (C=O) groups is 1. The number of aromatic nitrogens is 1. The van der Waals surface area contributed by atoms with Crippen LogP contribution in [-0.2, 0) is 4.74 Å². The van der Waals surface area contributed by atoms with Gasteiger partial charge in [0.05, 0.1) is 24.6 Å². The van der Waals surface area contributed by atoms with Crippen LogP contribution in [0.25, 0.3) is 11.5 Å². The van der Waals surface area contributed by atoms with Gasteiger partial charge in [0.1, 0.15) is 0 Å². The van der Waals surface area contributed by atoms with Gasteiger partial charge in [0.25, 0.3) is 0 Å². The molecule has 1 heterocycles. The SMILES string of the molecule is COC(=O)c1cc(I)ccc1N=Cc1nc(-c2ccc(C)cc2)oc1O. The molecule has 3 rings (SSSR count). The number of hydrogen-bond donors (Lipinski definition) is 1. The van der Waals surface area contributed by atoms with Crippen LogP contribution in [-0.4, -0.2) is 29.4 Å². The molecule has 1 aromatic heterocycles. The van der Waals surface area contributed by atoms with E-state index in [1.807, 2.05) is 37.3 Å². The first-order chi connectivity index (χ1) is 12.5. The van der Waals surface area contributed by atoms with E-state index in [1.165, 1.54) is 13.3 Å². The Bertz CT molecular complexity index is 978. The van der Waals surface area contributed by atoms with Crippen LogP contribution in [0.15, 0.2) is 51.9 Å². The highest BCUT2D eigenvalue weighted by Gasteiger charge is 2.14. The Hall–Kier alpha value is -2.68. The first kappa shape index (κ1) is 18.1. The zero-order valence-corrected chi connectivity index (χ0v) is 16.2. The van der Waals surface area contributed by atoms with Gasteiger partial charge in [-0.2, -0.15) is 0 Å². The molecule has 0 saturated carbocycles. The van der Waals surface area contributed by atoms with E-state index in [-0.39, 0.29) is 11.6 Å². The van der Waals surface area contributed by atoms with E-state index in [1.54, 1.807) is 12.1 Å². The molecule has 132 valence electrons. The molecular formula is C19H15IN2O4. The summed E-state index contributed by atoms with van der Waals surface area (Å²) in [6.07, 6.45) is 1.35. The van der Waals surface area contributed by atoms with Gasteiger partial charge < -0.3 is 14.3 Å². The minimum Gasteiger partial charge on any atom is -0.479 e. The van der Waals surface area contributed by atoms with Gasteiger partial charge in [-0.1, -0.05) is 17.7 Å². The van der Waals surface area contributed by atoms with Crippen molar-refractivity contribution in [2.24, 2.45) is 4.99 Å². The molecule has 0 unspecified atom stereocenters. The fraction of sp³-hybridized carbons (Fsp3) is 0.105. The summed E-state index contributed by atoms with van der Waals surface area (Å²) in [5.41, 5.74) is 2.78. The molecule has 0 aliphatic rings. The molecule has 0 aliphatic carbocycles. The zero-order chi connectivity index (χ0) is 18.7. The molecule has 0 aliphatic heterocycles. The van der Waals surface area contributed by atoms with Crippen LogP contribution in [0.4, 0.5) is 5.69 Å². The number of rotatable bonds is 4. The predicted molar refractivity (Wildman–Crippen MR) is 106 cm³/mol. The van der Waals surface area contributed by atoms with Crippen LogP contribution in [0.5, 0.6) is 5.95 Å². The van der Waals surface area contributed by atoms with Crippen molar-refractivity contribution in [1.82, 2.24) is 4.98 Å². The average Bonchev–Trinajstić information content (AvgIpc) is 3.01. The molecule has 6 nitrogen and oxygen atoms in total. The van der Waals surface area contributed by atoms with E-state index in [0.717, 1.165) is 14.7 Å². The Morgan fingerprint density at radius 1 is 1.27 bits per heavy atom. The number of hydrogen-bond acceptors (Lipinski definition) is 6. The van der Waals surface area contributed by atoms with E-state index in [0.29, 0.717) is 17.1 Å². The fourth-order valence-corrected chi connectivity index (χ4v) is 2.74.